The lowest BCUT2D eigenvalue weighted by molar-refractivity contribution is 0.0981. The van der Waals surface area contributed by atoms with Crippen molar-refractivity contribution in [3.8, 4) is 5.75 Å². The second-order valence-corrected chi connectivity index (χ2v) is 7.93. The normalized spacial score (nSPS) is 22.6. The topological polar surface area (TPSA) is 53.5 Å². The quantitative estimate of drug-likeness (QED) is 0.853. The van der Waals surface area contributed by atoms with Gasteiger partial charge < -0.3 is 15.0 Å². The van der Waals surface area contributed by atoms with Crippen molar-refractivity contribution in [2.75, 3.05) is 50.6 Å². The second kappa shape index (κ2) is 7.91. The van der Waals surface area contributed by atoms with E-state index in [1.54, 1.807) is 19.4 Å². The van der Waals surface area contributed by atoms with Crippen molar-refractivity contribution < 1.29 is 9.13 Å². The standard InChI is InChI=1S/C21H28FN5O/c1-23-19-6-9-24-20(25-19)27-11-8-21(15-27)7-3-10-26(14-21)13-16-12-17(28-2)4-5-18(16)22/h4-6,9,12H,3,7-8,10-11,13-15H2,1-2H3,(H,23,24,25)/t21-/m0/s1. The number of ether oxygens (including phenoxy) is 1. The van der Waals surface area contributed by atoms with Gasteiger partial charge in [-0.15, -0.1) is 0 Å². The summed E-state index contributed by atoms with van der Waals surface area (Å²) < 4.78 is 19.5. The van der Waals surface area contributed by atoms with Gasteiger partial charge in [-0.25, -0.2) is 9.37 Å². The first-order chi connectivity index (χ1) is 13.6. The predicted octanol–water partition coefficient (Wildman–Crippen LogP) is 3.16. The van der Waals surface area contributed by atoms with Crippen LogP contribution in [0.2, 0.25) is 0 Å². The van der Waals surface area contributed by atoms with Gasteiger partial charge in [0.15, 0.2) is 0 Å². The molecular weight excluding hydrogens is 357 g/mol. The Kier molecular flexibility index (Phi) is 5.35. The number of rotatable bonds is 5. The molecular formula is C21H28FN5O. The van der Waals surface area contributed by atoms with E-state index in [2.05, 4.69) is 25.1 Å². The van der Waals surface area contributed by atoms with Crippen molar-refractivity contribution in [3.05, 3.63) is 41.8 Å². The summed E-state index contributed by atoms with van der Waals surface area (Å²) in [6.07, 6.45) is 5.26. The summed E-state index contributed by atoms with van der Waals surface area (Å²) in [5.74, 6) is 2.17. The van der Waals surface area contributed by atoms with Crippen LogP contribution in [0.5, 0.6) is 5.75 Å². The molecule has 7 heteroatoms. The Labute approximate surface area is 165 Å². The highest BCUT2D eigenvalue weighted by Gasteiger charge is 2.42. The molecule has 1 spiro atoms. The van der Waals surface area contributed by atoms with Gasteiger partial charge in [-0.2, -0.15) is 4.98 Å². The molecule has 1 aromatic carbocycles. The maximum atomic E-state index is 14.3. The zero-order valence-electron chi connectivity index (χ0n) is 16.6. The molecule has 3 heterocycles. The number of piperidine rings is 1. The smallest absolute Gasteiger partial charge is 0.227 e. The molecule has 0 radical (unpaired) electrons. The van der Waals surface area contributed by atoms with Gasteiger partial charge in [0.1, 0.15) is 17.4 Å². The summed E-state index contributed by atoms with van der Waals surface area (Å²) in [4.78, 5) is 13.7. The highest BCUT2D eigenvalue weighted by Crippen LogP contribution is 2.40. The summed E-state index contributed by atoms with van der Waals surface area (Å²) in [7, 11) is 3.49. The molecule has 0 amide bonds. The molecule has 0 aliphatic carbocycles. The first-order valence-corrected chi connectivity index (χ1v) is 9.91. The minimum absolute atomic E-state index is 0.161. The summed E-state index contributed by atoms with van der Waals surface area (Å²) in [5.41, 5.74) is 0.934. The van der Waals surface area contributed by atoms with Crippen LogP contribution >= 0.6 is 0 Å². The van der Waals surface area contributed by atoms with Gasteiger partial charge in [0, 0.05) is 50.4 Å². The minimum Gasteiger partial charge on any atom is -0.497 e. The molecule has 1 N–H and O–H groups in total. The molecule has 2 saturated heterocycles. The van der Waals surface area contributed by atoms with Gasteiger partial charge in [0.25, 0.3) is 0 Å². The van der Waals surface area contributed by atoms with Gasteiger partial charge in [-0.3, -0.25) is 4.90 Å². The van der Waals surface area contributed by atoms with Crippen LogP contribution in [-0.4, -0.2) is 55.2 Å². The summed E-state index contributed by atoms with van der Waals surface area (Å²) in [5, 5.41) is 3.08. The van der Waals surface area contributed by atoms with E-state index in [1.807, 2.05) is 19.2 Å². The number of benzene rings is 1. The number of methoxy groups -OCH3 is 1. The zero-order chi connectivity index (χ0) is 19.6. The van der Waals surface area contributed by atoms with Crippen LogP contribution in [0.4, 0.5) is 16.2 Å². The fraction of sp³-hybridized carbons (Fsp3) is 0.524. The van der Waals surface area contributed by atoms with Gasteiger partial charge in [0.05, 0.1) is 7.11 Å². The average molecular weight is 385 g/mol. The molecule has 1 atom stereocenters. The van der Waals surface area contributed by atoms with Crippen molar-refractivity contribution in [2.45, 2.75) is 25.8 Å². The summed E-state index contributed by atoms with van der Waals surface area (Å²) in [6, 6.07) is 6.86. The number of hydrogen-bond acceptors (Lipinski definition) is 6. The number of nitrogens with zero attached hydrogens (tertiary/aromatic N) is 4. The predicted molar refractivity (Wildman–Crippen MR) is 108 cm³/mol. The van der Waals surface area contributed by atoms with E-state index in [0.29, 0.717) is 17.9 Å². The first kappa shape index (κ1) is 18.9. The molecule has 0 bridgehead atoms. The Morgan fingerprint density at radius 1 is 1.21 bits per heavy atom. The van der Waals surface area contributed by atoms with E-state index < -0.39 is 0 Å². The number of aromatic nitrogens is 2. The van der Waals surface area contributed by atoms with Crippen molar-refractivity contribution >= 4 is 11.8 Å². The van der Waals surface area contributed by atoms with Crippen molar-refractivity contribution in [2.24, 2.45) is 5.41 Å². The van der Waals surface area contributed by atoms with E-state index in [1.165, 1.54) is 12.5 Å². The van der Waals surface area contributed by atoms with E-state index >= 15 is 0 Å². The molecule has 4 rings (SSSR count). The summed E-state index contributed by atoms with van der Waals surface area (Å²) in [6.45, 7) is 4.53. The molecule has 1 aromatic heterocycles. The third-order valence-corrected chi connectivity index (χ3v) is 6.01. The molecule has 6 nitrogen and oxygen atoms in total. The fourth-order valence-electron chi connectivity index (χ4n) is 4.56. The maximum absolute atomic E-state index is 14.3. The molecule has 2 aromatic rings. The molecule has 0 unspecified atom stereocenters. The third-order valence-electron chi connectivity index (χ3n) is 6.01. The third kappa shape index (κ3) is 3.90. The number of hydrogen-bond donors (Lipinski definition) is 1. The van der Waals surface area contributed by atoms with Gasteiger partial charge in [0.2, 0.25) is 5.95 Å². The van der Waals surface area contributed by atoms with Crippen molar-refractivity contribution in [1.82, 2.24) is 14.9 Å². The Morgan fingerprint density at radius 3 is 2.93 bits per heavy atom. The number of nitrogens with one attached hydrogen (secondary N) is 1. The van der Waals surface area contributed by atoms with Gasteiger partial charge >= 0.3 is 0 Å². The van der Waals surface area contributed by atoms with Crippen LogP contribution in [0.1, 0.15) is 24.8 Å². The molecule has 150 valence electrons. The average Bonchev–Trinajstić information content (AvgIpc) is 3.13. The van der Waals surface area contributed by atoms with Crippen molar-refractivity contribution in [1.29, 1.82) is 0 Å². The van der Waals surface area contributed by atoms with Crippen LogP contribution in [-0.2, 0) is 6.54 Å². The molecule has 0 saturated carbocycles. The fourth-order valence-corrected chi connectivity index (χ4v) is 4.56. The van der Waals surface area contributed by atoms with Crippen molar-refractivity contribution in [3.63, 3.8) is 0 Å². The van der Waals surface area contributed by atoms with Crippen LogP contribution < -0.4 is 15.0 Å². The number of likely N-dealkylation sites (tertiary alicyclic amines) is 1. The largest absolute Gasteiger partial charge is 0.497 e. The molecule has 2 aliphatic rings. The minimum atomic E-state index is -0.161. The SMILES string of the molecule is CNc1ccnc(N2CC[C@]3(CCCN(Cc4cc(OC)ccc4F)C3)C2)n1. The molecule has 2 aliphatic heterocycles. The van der Waals surface area contributed by atoms with E-state index in [9.17, 15) is 4.39 Å². The molecule has 2 fully saturated rings. The number of anilines is 2. The lowest BCUT2D eigenvalue weighted by Gasteiger charge is -2.40. The maximum Gasteiger partial charge on any atom is 0.227 e. The van der Waals surface area contributed by atoms with Gasteiger partial charge in [-0.1, -0.05) is 0 Å². The summed E-state index contributed by atoms with van der Waals surface area (Å²) >= 11 is 0. The monoisotopic (exact) mass is 385 g/mol. The second-order valence-electron chi connectivity index (χ2n) is 7.93. The van der Waals surface area contributed by atoms with Crippen LogP contribution in [0.3, 0.4) is 0 Å². The Hall–Kier alpha value is -2.41. The van der Waals surface area contributed by atoms with Crippen LogP contribution in [0, 0.1) is 11.2 Å². The Bertz CT molecular complexity index is 832. The Balaban J connectivity index is 1.45. The Morgan fingerprint density at radius 2 is 2.11 bits per heavy atom. The zero-order valence-corrected chi connectivity index (χ0v) is 16.6. The van der Waals surface area contributed by atoms with E-state index in [4.69, 9.17) is 4.74 Å². The van der Waals surface area contributed by atoms with E-state index in [0.717, 1.165) is 50.8 Å². The van der Waals surface area contributed by atoms with Crippen LogP contribution in [0.25, 0.3) is 0 Å². The van der Waals surface area contributed by atoms with Gasteiger partial charge in [-0.05, 0) is 50.1 Å². The van der Waals surface area contributed by atoms with Crippen LogP contribution in [0.15, 0.2) is 30.5 Å². The molecule has 28 heavy (non-hydrogen) atoms. The number of halogens is 1. The highest BCUT2D eigenvalue weighted by atomic mass is 19.1. The lowest BCUT2D eigenvalue weighted by atomic mass is 9.79. The highest BCUT2D eigenvalue weighted by molar-refractivity contribution is 5.42. The van der Waals surface area contributed by atoms with E-state index in [-0.39, 0.29) is 11.2 Å². The lowest BCUT2D eigenvalue weighted by Crippen LogP contribution is -2.44. The first-order valence-electron chi connectivity index (χ1n) is 9.91.